The molecule has 0 aliphatic carbocycles. The molecule has 0 bridgehead atoms. The quantitative estimate of drug-likeness (QED) is 0.656. The van der Waals surface area contributed by atoms with Crippen LogP contribution in [0.25, 0.3) is 0 Å². The van der Waals surface area contributed by atoms with Crippen molar-refractivity contribution >= 4 is 0 Å². The summed E-state index contributed by atoms with van der Waals surface area (Å²) in [6, 6.07) is 11.1. The summed E-state index contributed by atoms with van der Waals surface area (Å²) in [7, 11) is 0. The zero-order valence-electron chi connectivity index (χ0n) is 10.7. The van der Waals surface area contributed by atoms with Gasteiger partial charge >= 0.3 is 0 Å². The number of aryl methyl sites for hydroxylation is 1. The highest BCUT2D eigenvalue weighted by atomic mass is 19.1. The van der Waals surface area contributed by atoms with Gasteiger partial charge in [0.05, 0.1) is 6.04 Å². The van der Waals surface area contributed by atoms with Crippen LogP contribution >= 0.6 is 0 Å². The molecule has 4 heteroatoms. The van der Waals surface area contributed by atoms with E-state index in [1.54, 1.807) is 43.3 Å². The van der Waals surface area contributed by atoms with Crippen LogP contribution < -0.4 is 11.3 Å². The fourth-order valence-electron chi connectivity index (χ4n) is 2.08. The van der Waals surface area contributed by atoms with E-state index in [4.69, 9.17) is 5.84 Å². The van der Waals surface area contributed by atoms with E-state index in [0.29, 0.717) is 23.1 Å². The molecule has 0 radical (unpaired) electrons. The second kappa shape index (κ2) is 5.91. The van der Waals surface area contributed by atoms with Crippen molar-refractivity contribution in [2.75, 3.05) is 0 Å². The number of halogens is 2. The van der Waals surface area contributed by atoms with Gasteiger partial charge in [0, 0.05) is 5.56 Å². The predicted octanol–water partition coefficient (Wildman–Crippen LogP) is 3.02. The number of hydrazine groups is 1. The van der Waals surface area contributed by atoms with Gasteiger partial charge in [-0.25, -0.2) is 8.78 Å². The second-order valence-corrected chi connectivity index (χ2v) is 4.49. The monoisotopic (exact) mass is 262 g/mol. The second-order valence-electron chi connectivity index (χ2n) is 4.49. The summed E-state index contributed by atoms with van der Waals surface area (Å²) in [6.45, 7) is 1.69. The third-order valence-electron chi connectivity index (χ3n) is 3.18. The van der Waals surface area contributed by atoms with Crippen LogP contribution in [0, 0.1) is 18.6 Å². The maximum Gasteiger partial charge on any atom is 0.130 e. The number of hydrogen-bond acceptors (Lipinski definition) is 2. The lowest BCUT2D eigenvalue weighted by Crippen LogP contribution is -2.30. The third-order valence-corrected chi connectivity index (χ3v) is 3.18. The van der Waals surface area contributed by atoms with Gasteiger partial charge in [0.25, 0.3) is 0 Å². The van der Waals surface area contributed by atoms with Crippen LogP contribution in [-0.4, -0.2) is 0 Å². The molecule has 0 aliphatic heterocycles. The van der Waals surface area contributed by atoms with Crippen molar-refractivity contribution in [3.05, 3.63) is 70.8 Å². The molecule has 0 saturated carbocycles. The zero-order chi connectivity index (χ0) is 13.8. The first-order chi connectivity index (χ1) is 9.13. The van der Waals surface area contributed by atoms with E-state index < -0.39 is 6.04 Å². The Morgan fingerprint density at radius 2 is 1.84 bits per heavy atom. The van der Waals surface area contributed by atoms with E-state index in [1.165, 1.54) is 6.07 Å². The van der Waals surface area contributed by atoms with Crippen molar-refractivity contribution < 1.29 is 8.78 Å². The molecule has 19 heavy (non-hydrogen) atoms. The largest absolute Gasteiger partial charge is 0.271 e. The molecule has 0 aromatic heterocycles. The summed E-state index contributed by atoms with van der Waals surface area (Å²) in [5.74, 6) is 4.87. The molecular weight excluding hydrogens is 246 g/mol. The number of benzene rings is 2. The Morgan fingerprint density at radius 3 is 2.53 bits per heavy atom. The van der Waals surface area contributed by atoms with E-state index >= 15 is 0 Å². The highest BCUT2D eigenvalue weighted by Crippen LogP contribution is 2.23. The maximum absolute atomic E-state index is 14.1. The van der Waals surface area contributed by atoms with Gasteiger partial charge in [0.2, 0.25) is 0 Å². The van der Waals surface area contributed by atoms with Crippen molar-refractivity contribution in [1.29, 1.82) is 0 Å². The van der Waals surface area contributed by atoms with Gasteiger partial charge in [0.1, 0.15) is 11.6 Å². The molecular formula is C15H16F2N2. The normalized spacial score (nSPS) is 12.4. The van der Waals surface area contributed by atoms with Gasteiger partial charge in [-0.05, 0) is 30.5 Å². The first kappa shape index (κ1) is 13.6. The van der Waals surface area contributed by atoms with Crippen LogP contribution in [0.3, 0.4) is 0 Å². The molecule has 2 aromatic carbocycles. The molecule has 3 N–H and O–H groups in total. The zero-order valence-corrected chi connectivity index (χ0v) is 10.7. The van der Waals surface area contributed by atoms with Crippen LogP contribution in [0.15, 0.2) is 42.5 Å². The topological polar surface area (TPSA) is 38.0 Å². The van der Waals surface area contributed by atoms with Crippen LogP contribution in [0.2, 0.25) is 0 Å². The van der Waals surface area contributed by atoms with Crippen molar-refractivity contribution in [3.63, 3.8) is 0 Å². The Hall–Kier alpha value is -1.78. The van der Waals surface area contributed by atoms with Gasteiger partial charge in [-0.3, -0.25) is 11.3 Å². The summed E-state index contributed by atoms with van der Waals surface area (Å²) >= 11 is 0. The first-order valence-corrected chi connectivity index (χ1v) is 6.08. The number of nitrogens with one attached hydrogen (secondary N) is 1. The summed E-state index contributed by atoms with van der Waals surface area (Å²) in [6.07, 6.45) is 0.295. The average molecular weight is 262 g/mol. The highest BCUT2D eigenvalue weighted by Gasteiger charge is 2.17. The molecule has 0 fully saturated rings. The first-order valence-electron chi connectivity index (χ1n) is 6.08. The lowest BCUT2D eigenvalue weighted by molar-refractivity contribution is 0.496. The van der Waals surface area contributed by atoms with E-state index in [1.807, 2.05) is 0 Å². The smallest absolute Gasteiger partial charge is 0.130 e. The number of rotatable bonds is 4. The average Bonchev–Trinajstić information content (AvgIpc) is 2.41. The summed E-state index contributed by atoms with van der Waals surface area (Å²) < 4.78 is 27.7. The molecule has 2 rings (SSSR count). The Morgan fingerprint density at radius 1 is 1.11 bits per heavy atom. The van der Waals surface area contributed by atoms with Crippen molar-refractivity contribution in [3.8, 4) is 0 Å². The molecule has 0 amide bonds. The van der Waals surface area contributed by atoms with Crippen molar-refractivity contribution in [1.82, 2.24) is 5.43 Å². The lowest BCUT2D eigenvalue weighted by atomic mass is 9.97. The van der Waals surface area contributed by atoms with Gasteiger partial charge in [0.15, 0.2) is 0 Å². The van der Waals surface area contributed by atoms with E-state index in [-0.39, 0.29) is 11.6 Å². The molecule has 0 heterocycles. The fraction of sp³-hybridized carbons (Fsp3) is 0.200. The Bertz CT molecular complexity index is 570. The van der Waals surface area contributed by atoms with Crippen LogP contribution in [0.1, 0.15) is 22.7 Å². The van der Waals surface area contributed by atoms with Crippen molar-refractivity contribution in [2.45, 2.75) is 19.4 Å². The SMILES string of the molecule is Cc1cccc(C(Cc2ccccc2F)NN)c1F. The van der Waals surface area contributed by atoms with Gasteiger partial charge < -0.3 is 0 Å². The van der Waals surface area contributed by atoms with E-state index in [0.717, 1.165) is 0 Å². The fourth-order valence-corrected chi connectivity index (χ4v) is 2.08. The van der Waals surface area contributed by atoms with Gasteiger partial charge in [-0.15, -0.1) is 0 Å². The Kier molecular flexibility index (Phi) is 4.24. The molecule has 100 valence electrons. The standard InChI is InChI=1S/C15H16F2N2/c1-10-5-4-7-12(15(10)17)14(19-18)9-11-6-2-3-8-13(11)16/h2-8,14,19H,9,18H2,1H3. The summed E-state index contributed by atoms with van der Waals surface area (Å²) in [5.41, 5.74) is 4.06. The van der Waals surface area contributed by atoms with Crippen LogP contribution in [0.5, 0.6) is 0 Å². The maximum atomic E-state index is 14.1. The van der Waals surface area contributed by atoms with E-state index in [9.17, 15) is 8.78 Å². The van der Waals surface area contributed by atoms with Crippen LogP contribution in [0.4, 0.5) is 8.78 Å². The van der Waals surface area contributed by atoms with Gasteiger partial charge in [-0.2, -0.15) is 0 Å². The van der Waals surface area contributed by atoms with Crippen LogP contribution in [-0.2, 0) is 6.42 Å². The molecule has 2 aromatic rings. The summed E-state index contributed by atoms with van der Waals surface area (Å²) in [5, 5.41) is 0. The Balaban J connectivity index is 2.31. The number of nitrogens with two attached hydrogens (primary N) is 1. The summed E-state index contributed by atoms with van der Waals surface area (Å²) in [4.78, 5) is 0. The molecule has 0 saturated heterocycles. The number of hydrogen-bond donors (Lipinski definition) is 2. The van der Waals surface area contributed by atoms with E-state index in [2.05, 4.69) is 5.43 Å². The molecule has 1 unspecified atom stereocenters. The minimum Gasteiger partial charge on any atom is -0.271 e. The minimum absolute atomic E-state index is 0.295. The van der Waals surface area contributed by atoms with Gasteiger partial charge in [-0.1, -0.05) is 36.4 Å². The molecule has 0 spiro atoms. The third kappa shape index (κ3) is 2.97. The minimum atomic E-state index is -0.461. The Labute approximate surface area is 111 Å². The highest BCUT2D eigenvalue weighted by molar-refractivity contribution is 5.29. The lowest BCUT2D eigenvalue weighted by Gasteiger charge is -2.18. The molecule has 2 nitrogen and oxygen atoms in total. The van der Waals surface area contributed by atoms with Crippen molar-refractivity contribution in [2.24, 2.45) is 5.84 Å². The molecule has 1 atom stereocenters. The predicted molar refractivity (Wildman–Crippen MR) is 71.3 cm³/mol. The molecule has 0 aliphatic rings.